The summed E-state index contributed by atoms with van der Waals surface area (Å²) in [6, 6.07) is 24.9. The number of carbonyl (C=O) groups is 1. The van der Waals surface area contributed by atoms with Crippen LogP contribution in [-0.4, -0.2) is 49.0 Å². The Morgan fingerprint density at radius 1 is 0.838 bits per heavy atom. The van der Waals surface area contributed by atoms with Gasteiger partial charge in [0.2, 0.25) is 0 Å². The molecule has 2 saturated heterocycles. The summed E-state index contributed by atoms with van der Waals surface area (Å²) in [5.74, 6) is -0.211. The Kier molecular flexibility index (Phi) is 7.73. The maximum absolute atomic E-state index is 13.8. The fourth-order valence-electron chi connectivity index (χ4n) is 6.42. The van der Waals surface area contributed by atoms with E-state index in [1.807, 2.05) is 66.7 Å². The summed E-state index contributed by atoms with van der Waals surface area (Å²) in [7, 11) is 0. The second-order valence-electron chi connectivity index (χ2n) is 10.8. The summed E-state index contributed by atoms with van der Waals surface area (Å²) in [5.41, 5.74) is 3.07. The highest BCUT2D eigenvalue weighted by atomic mass is 19.1. The summed E-state index contributed by atoms with van der Waals surface area (Å²) in [4.78, 5) is 16.5. The molecule has 37 heavy (non-hydrogen) atoms. The predicted molar refractivity (Wildman–Crippen MR) is 147 cm³/mol. The minimum atomic E-state index is -0.733. The Balaban J connectivity index is 1.28. The van der Waals surface area contributed by atoms with Gasteiger partial charge in [0.15, 0.2) is 6.29 Å². The fourth-order valence-corrected chi connectivity index (χ4v) is 6.42. The van der Waals surface area contributed by atoms with Gasteiger partial charge < -0.3 is 14.9 Å². The molecule has 2 fully saturated rings. The lowest BCUT2D eigenvalue weighted by molar-refractivity contribution is -0.0264. The molecule has 1 atom stereocenters. The Bertz CT molecular complexity index is 1170. The van der Waals surface area contributed by atoms with Gasteiger partial charge in [-0.1, -0.05) is 54.6 Å². The molecular weight excluding hydrogens is 463 g/mol. The van der Waals surface area contributed by atoms with E-state index in [1.54, 1.807) is 12.1 Å². The third kappa shape index (κ3) is 5.63. The minimum absolute atomic E-state index is 0.0947. The van der Waals surface area contributed by atoms with Crippen molar-refractivity contribution in [3.8, 4) is 0 Å². The Morgan fingerprint density at radius 2 is 1.54 bits per heavy atom. The molecule has 3 aromatic carbocycles. The first-order valence-electron chi connectivity index (χ1n) is 13.6. The van der Waals surface area contributed by atoms with Crippen LogP contribution in [0, 0.1) is 5.82 Å². The molecule has 194 valence electrons. The SMILES string of the molecule is O=Cc1ccccc1N1CCCC(CCCN2CCC(O)(c3ccccc3)CC2)(c2ccc(F)cc2)C1. The van der Waals surface area contributed by atoms with Crippen molar-refractivity contribution in [1.29, 1.82) is 0 Å². The van der Waals surface area contributed by atoms with Gasteiger partial charge in [0.1, 0.15) is 5.82 Å². The average Bonchev–Trinajstić information content (AvgIpc) is 2.95. The molecule has 0 aromatic heterocycles. The first kappa shape index (κ1) is 25.6. The number of anilines is 1. The maximum Gasteiger partial charge on any atom is 0.152 e. The largest absolute Gasteiger partial charge is 0.385 e. The molecule has 2 aliphatic heterocycles. The molecule has 1 N–H and O–H groups in total. The van der Waals surface area contributed by atoms with Gasteiger partial charge in [0.05, 0.1) is 5.60 Å². The zero-order valence-corrected chi connectivity index (χ0v) is 21.5. The maximum atomic E-state index is 13.8. The molecule has 4 nitrogen and oxygen atoms in total. The van der Waals surface area contributed by atoms with E-state index in [4.69, 9.17) is 0 Å². The van der Waals surface area contributed by atoms with Crippen molar-refractivity contribution in [3.05, 3.63) is 101 Å². The summed E-state index contributed by atoms with van der Waals surface area (Å²) in [6.45, 7) is 4.48. The van der Waals surface area contributed by atoms with Crippen molar-refractivity contribution in [3.63, 3.8) is 0 Å². The normalized spacial score (nSPS) is 22.1. The number of para-hydroxylation sites is 1. The van der Waals surface area contributed by atoms with E-state index >= 15 is 0 Å². The molecule has 1 unspecified atom stereocenters. The lowest BCUT2D eigenvalue weighted by Crippen LogP contribution is -2.47. The number of carbonyl (C=O) groups excluding carboxylic acids is 1. The van der Waals surface area contributed by atoms with E-state index in [9.17, 15) is 14.3 Å². The van der Waals surface area contributed by atoms with Crippen molar-refractivity contribution in [2.45, 2.75) is 49.5 Å². The number of aliphatic hydroxyl groups is 1. The highest BCUT2D eigenvalue weighted by molar-refractivity contribution is 5.84. The van der Waals surface area contributed by atoms with Crippen molar-refractivity contribution < 1.29 is 14.3 Å². The van der Waals surface area contributed by atoms with Crippen LogP contribution in [0.1, 0.15) is 60.0 Å². The molecule has 0 spiro atoms. The van der Waals surface area contributed by atoms with Crippen LogP contribution in [0.5, 0.6) is 0 Å². The van der Waals surface area contributed by atoms with Crippen molar-refractivity contribution in [2.75, 3.05) is 37.6 Å². The zero-order chi connectivity index (χ0) is 25.7. The Labute approximate surface area is 219 Å². The minimum Gasteiger partial charge on any atom is -0.385 e. The molecule has 0 amide bonds. The summed E-state index contributed by atoms with van der Waals surface area (Å²) in [6.07, 6.45) is 6.54. The molecule has 2 heterocycles. The van der Waals surface area contributed by atoms with E-state index in [-0.39, 0.29) is 11.2 Å². The van der Waals surface area contributed by atoms with E-state index in [1.165, 1.54) is 5.56 Å². The van der Waals surface area contributed by atoms with Crippen LogP contribution in [0.4, 0.5) is 10.1 Å². The van der Waals surface area contributed by atoms with E-state index in [2.05, 4.69) is 9.80 Å². The van der Waals surface area contributed by atoms with Gasteiger partial charge >= 0.3 is 0 Å². The summed E-state index contributed by atoms with van der Waals surface area (Å²) < 4.78 is 13.8. The number of hydrogen-bond acceptors (Lipinski definition) is 4. The van der Waals surface area contributed by atoms with Crippen molar-refractivity contribution in [2.24, 2.45) is 0 Å². The van der Waals surface area contributed by atoms with E-state index in [0.29, 0.717) is 0 Å². The topological polar surface area (TPSA) is 43.8 Å². The predicted octanol–water partition coefficient (Wildman–Crippen LogP) is 5.94. The molecular formula is C32H37FN2O2. The van der Waals surface area contributed by atoms with Crippen LogP contribution >= 0.6 is 0 Å². The molecule has 0 aliphatic carbocycles. The number of piperidine rings is 2. The number of aldehydes is 1. The third-order valence-corrected chi connectivity index (χ3v) is 8.56. The second-order valence-corrected chi connectivity index (χ2v) is 10.8. The van der Waals surface area contributed by atoms with Gasteiger partial charge in [-0.25, -0.2) is 4.39 Å². The number of likely N-dealkylation sites (tertiary alicyclic amines) is 1. The smallest absolute Gasteiger partial charge is 0.152 e. The molecule has 5 rings (SSSR count). The van der Waals surface area contributed by atoms with Crippen LogP contribution in [0.25, 0.3) is 0 Å². The highest BCUT2D eigenvalue weighted by Crippen LogP contribution is 2.41. The molecule has 2 aliphatic rings. The lowest BCUT2D eigenvalue weighted by Gasteiger charge is -2.45. The first-order valence-corrected chi connectivity index (χ1v) is 13.6. The number of hydrogen-bond donors (Lipinski definition) is 1. The standard InChI is InChI=1S/C32H37FN2O2/c33-29-14-12-27(13-15-29)31(17-7-21-35(25-31)30-11-5-4-8-26(30)24-36)16-6-20-34-22-18-32(37,19-23-34)28-9-2-1-3-10-28/h1-5,8-15,24,37H,6-7,16-23,25H2. The van der Waals surface area contributed by atoms with E-state index in [0.717, 1.165) is 94.3 Å². The van der Waals surface area contributed by atoms with Gasteiger partial charge in [-0.3, -0.25) is 4.79 Å². The Morgan fingerprint density at radius 3 is 2.27 bits per heavy atom. The Hall–Kier alpha value is -3.02. The van der Waals surface area contributed by atoms with Gasteiger partial charge in [0, 0.05) is 42.8 Å². The summed E-state index contributed by atoms with van der Waals surface area (Å²) >= 11 is 0. The summed E-state index contributed by atoms with van der Waals surface area (Å²) in [5, 5.41) is 11.2. The average molecular weight is 501 g/mol. The van der Waals surface area contributed by atoms with Crippen LogP contribution in [-0.2, 0) is 11.0 Å². The van der Waals surface area contributed by atoms with Crippen LogP contribution < -0.4 is 4.90 Å². The van der Waals surface area contributed by atoms with E-state index < -0.39 is 5.60 Å². The second kappa shape index (κ2) is 11.2. The van der Waals surface area contributed by atoms with Gasteiger partial charge in [-0.05, 0) is 80.5 Å². The molecule has 0 bridgehead atoms. The zero-order valence-electron chi connectivity index (χ0n) is 21.5. The quantitative estimate of drug-likeness (QED) is 0.389. The third-order valence-electron chi connectivity index (χ3n) is 8.56. The van der Waals surface area contributed by atoms with Crippen LogP contribution in [0.3, 0.4) is 0 Å². The molecule has 5 heteroatoms. The molecule has 0 radical (unpaired) electrons. The number of halogens is 1. The lowest BCUT2D eigenvalue weighted by atomic mass is 9.70. The highest BCUT2D eigenvalue weighted by Gasteiger charge is 2.38. The van der Waals surface area contributed by atoms with Crippen molar-refractivity contribution >= 4 is 12.0 Å². The number of rotatable bonds is 8. The van der Waals surface area contributed by atoms with Gasteiger partial charge in [-0.2, -0.15) is 0 Å². The van der Waals surface area contributed by atoms with Crippen LogP contribution in [0.2, 0.25) is 0 Å². The van der Waals surface area contributed by atoms with Gasteiger partial charge in [-0.15, -0.1) is 0 Å². The number of benzene rings is 3. The molecule has 3 aromatic rings. The van der Waals surface area contributed by atoms with Crippen molar-refractivity contribution in [1.82, 2.24) is 4.90 Å². The molecule has 0 saturated carbocycles. The monoisotopic (exact) mass is 500 g/mol. The number of nitrogens with zero attached hydrogens (tertiary/aromatic N) is 2. The van der Waals surface area contributed by atoms with Gasteiger partial charge in [0.25, 0.3) is 0 Å². The first-order chi connectivity index (χ1) is 18.0. The fraction of sp³-hybridized carbons (Fsp3) is 0.406. The van der Waals surface area contributed by atoms with Crippen LogP contribution in [0.15, 0.2) is 78.9 Å².